The van der Waals surface area contributed by atoms with Gasteiger partial charge in [-0.1, -0.05) is 30.0 Å². The van der Waals surface area contributed by atoms with Gasteiger partial charge in [0.25, 0.3) is 0 Å². The van der Waals surface area contributed by atoms with Crippen LogP contribution in [0.2, 0.25) is 0 Å². The topological polar surface area (TPSA) is 108 Å². The molecule has 0 spiro atoms. The number of anilines is 2. The Morgan fingerprint density at radius 1 is 1.26 bits per heavy atom. The number of nitrogens with one attached hydrogen (secondary N) is 1. The Balaban J connectivity index is 2.41. The lowest BCUT2D eigenvalue weighted by molar-refractivity contribution is 0.210. The Morgan fingerprint density at radius 3 is 2.65 bits per heavy atom. The first-order valence-electron chi connectivity index (χ1n) is 6.60. The van der Waals surface area contributed by atoms with E-state index in [0.29, 0.717) is 5.56 Å². The quantitative estimate of drug-likeness (QED) is 0.596. The molecule has 4 N–H and O–H groups in total. The number of nitriles is 1. The molecular formula is C17H13N3O3. The van der Waals surface area contributed by atoms with E-state index in [1.165, 1.54) is 12.1 Å². The molecule has 0 aliphatic carbocycles. The van der Waals surface area contributed by atoms with Crippen molar-refractivity contribution in [2.75, 3.05) is 17.7 Å². The van der Waals surface area contributed by atoms with Crippen molar-refractivity contribution in [2.24, 2.45) is 0 Å². The van der Waals surface area contributed by atoms with Crippen LogP contribution in [0.15, 0.2) is 42.5 Å². The largest absolute Gasteiger partial charge is 0.477 e. The maximum absolute atomic E-state index is 10.8. The van der Waals surface area contributed by atoms with Crippen LogP contribution >= 0.6 is 0 Å². The maximum atomic E-state index is 10.8. The molecule has 2 rings (SSSR count). The minimum Gasteiger partial charge on any atom is -0.477 e. The van der Waals surface area contributed by atoms with Crippen LogP contribution in [0.25, 0.3) is 0 Å². The molecule has 2 aromatic carbocycles. The van der Waals surface area contributed by atoms with Crippen molar-refractivity contribution >= 4 is 17.5 Å². The van der Waals surface area contributed by atoms with Gasteiger partial charge in [-0.05, 0) is 18.2 Å². The van der Waals surface area contributed by atoms with E-state index in [0.717, 1.165) is 5.56 Å². The number of carboxylic acid groups (broad SMARTS) is 1. The maximum Gasteiger partial charge on any atom is 0.409 e. The molecule has 0 unspecified atom stereocenters. The molecule has 0 aliphatic rings. The van der Waals surface area contributed by atoms with Crippen molar-refractivity contribution in [3.63, 3.8) is 0 Å². The highest BCUT2D eigenvalue weighted by molar-refractivity contribution is 5.88. The number of nitrogens with two attached hydrogens (primary N) is 1. The molecule has 114 valence electrons. The summed E-state index contributed by atoms with van der Waals surface area (Å²) < 4.78 is 5.30. The zero-order valence-electron chi connectivity index (χ0n) is 12.0. The van der Waals surface area contributed by atoms with Crippen LogP contribution in [-0.2, 0) is 0 Å². The molecule has 0 saturated heterocycles. The lowest BCUT2D eigenvalue weighted by Gasteiger charge is -2.10. The van der Waals surface area contributed by atoms with Gasteiger partial charge in [0.1, 0.15) is 11.8 Å². The second kappa shape index (κ2) is 7.39. The molecule has 0 atom stereocenters. The number of rotatable bonds is 3. The predicted octanol–water partition coefficient (Wildman–Crippen LogP) is 2.66. The molecular weight excluding hydrogens is 294 g/mol. The van der Waals surface area contributed by atoms with Gasteiger partial charge in [-0.2, -0.15) is 5.26 Å². The van der Waals surface area contributed by atoms with Crippen molar-refractivity contribution in [1.82, 2.24) is 0 Å². The molecule has 23 heavy (non-hydrogen) atoms. The van der Waals surface area contributed by atoms with Gasteiger partial charge in [0.05, 0.1) is 16.9 Å². The Hall–Kier alpha value is -3.64. The molecule has 0 radical (unpaired) electrons. The summed E-state index contributed by atoms with van der Waals surface area (Å²) in [6.07, 6.45) is -1.24. The fourth-order valence-electron chi connectivity index (χ4n) is 1.81. The van der Waals surface area contributed by atoms with Gasteiger partial charge >= 0.3 is 6.09 Å². The van der Waals surface area contributed by atoms with Gasteiger partial charge in [0.2, 0.25) is 0 Å². The van der Waals surface area contributed by atoms with Crippen LogP contribution < -0.4 is 15.8 Å². The Kier molecular flexibility index (Phi) is 5.06. The van der Waals surface area contributed by atoms with E-state index >= 15 is 0 Å². The van der Waals surface area contributed by atoms with Gasteiger partial charge < -0.3 is 15.6 Å². The third-order valence-corrected chi connectivity index (χ3v) is 2.80. The fourth-order valence-corrected chi connectivity index (χ4v) is 1.81. The summed E-state index contributed by atoms with van der Waals surface area (Å²) in [6, 6.07) is 14.1. The molecule has 0 saturated carbocycles. The Labute approximate surface area is 133 Å². The standard InChI is InChI=1S/C17H13N3O3/c18-8-9-23-16-11-15(20-17(21)22)14(19)10-13(16)7-6-12-4-2-1-3-5-12/h1-5,10-11,20H,9,19H2,(H,21,22). The van der Waals surface area contributed by atoms with Gasteiger partial charge in [-0.3, -0.25) is 5.32 Å². The first-order chi connectivity index (χ1) is 11.1. The van der Waals surface area contributed by atoms with E-state index in [4.69, 9.17) is 20.8 Å². The SMILES string of the molecule is N#CCOc1cc(NC(=O)O)c(N)cc1C#Cc1ccccc1. The molecule has 2 aromatic rings. The molecule has 0 fully saturated rings. The van der Waals surface area contributed by atoms with Crippen LogP contribution in [0.1, 0.15) is 11.1 Å². The lowest BCUT2D eigenvalue weighted by Crippen LogP contribution is -2.10. The predicted molar refractivity (Wildman–Crippen MR) is 86.0 cm³/mol. The summed E-state index contributed by atoms with van der Waals surface area (Å²) in [5.74, 6) is 6.17. The minimum absolute atomic E-state index is 0.177. The van der Waals surface area contributed by atoms with Crippen LogP contribution in [0.4, 0.5) is 16.2 Å². The number of hydrogen-bond acceptors (Lipinski definition) is 4. The zero-order valence-corrected chi connectivity index (χ0v) is 12.0. The summed E-state index contributed by atoms with van der Waals surface area (Å²) in [5, 5.41) is 19.6. The van der Waals surface area contributed by atoms with Gasteiger partial charge in [0, 0.05) is 11.6 Å². The van der Waals surface area contributed by atoms with Crippen LogP contribution in [0, 0.1) is 23.2 Å². The highest BCUT2D eigenvalue weighted by atomic mass is 16.5. The Bertz CT molecular complexity index is 815. The molecule has 6 heteroatoms. The zero-order chi connectivity index (χ0) is 16.7. The molecule has 0 heterocycles. The number of ether oxygens (including phenoxy) is 1. The van der Waals surface area contributed by atoms with Crippen molar-refractivity contribution in [2.45, 2.75) is 0 Å². The van der Waals surface area contributed by atoms with Crippen LogP contribution in [0.3, 0.4) is 0 Å². The number of carbonyl (C=O) groups is 1. The van der Waals surface area contributed by atoms with E-state index in [1.807, 2.05) is 36.4 Å². The van der Waals surface area contributed by atoms with E-state index in [1.54, 1.807) is 0 Å². The molecule has 0 aliphatic heterocycles. The summed E-state index contributed by atoms with van der Waals surface area (Å²) in [6.45, 7) is -0.184. The molecule has 0 aromatic heterocycles. The summed E-state index contributed by atoms with van der Waals surface area (Å²) >= 11 is 0. The number of nitrogen functional groups attached to an aromatic ring is 1. The average molecular weight is 307 g/mol. The van der Waals surface area contributed by atoms with E-state index in [-0.39, 0.29) is 23.7 Å². The van der Waals surface area contributed by atoms with Gasteiger partial charge in [-0.15, -0.1) is 0 Å². The number of hydrogen-bond donors (Lipinski definition) is 3. The second-order valence-electron chi connectivity index (χ2n) is 4.43. The second-order valence-corrected chi connectivity index (χ2v) is 4.43. The first kappa shape index (κ1) is 15.7. The fraction of sp³-hybridized carbons (Fsp3) is 0.0588. The van der Waals surface area contributed by atoms with Crippen molar-refractivity contribution < 1.29 is 14.6 Å². The monoisotopic (exact) mass is 307 g/mol. The molecule has 6 nitrogen and oxygen atoms in total. The van der Waals surface area contributed by atoms with E-state index < -0.39 is 6.09 Å². The average Bonchev–Trinajstić information content (AvgIpc) is 2.54. The van der Waals surface area contributed by atoms with E-state index in [2.05, 4.69) is 17.2 Å². The van der Waals surface area contributed by atoms with Crippen molar-refractivity contribution in [1.29, 1.82) is 5.26 Å². The highest BCUT2D eigenvalue weighted by Crippen LogP contribution is 2.29. The van der Waals surface area contributed by atoms with Gasteiger partial charge in [-0.25, -0.2) is 4.79 Å². The van der Waals surface area contributed by atoms with Crippen molar-refractivity contribution in [3.05, 3.63) is 53.6 Å². The number of nitrogens with zero attached hydrogens (tertiary/aromatic N) is 1. The highest BCUT2D eigenvalue weighted by Gasteiger charge is 2.10. The number of benzene rings is 2. The summed E-state index contributed by atoms with van der Waals surface area (Å²) in [4.78, 5) is 10.8. The molecule has 0 bridgehead atoms. The number of amides is 1. The van der Waals surface area contributed by atoms with Crippen LogP contribution in [-0.4, -0.2) is 17.8 Å². The summed E-state index contributed by atoms with van der Waals surface area (Å²) in [7, 11) is 0. The van der Waals surface area contributed by atoms with Crippen molar-refractivity contribution in [3.8, 4) is 23.7 Å². The minimum atomic E-state index is -1.24. The van der Waals surface area contributed by atoms with Gasteiger partial charge in [0.15, 0.2) is 6.61 Å². The lowest BCUT2D eigenvalue weighted by atomic mass is 10.1. The smallest absolute Gasteiger partial charge is 0.409 e. The third-order valence-electron chi connectivity index (χ3n) is 2.80. The molecule has 1 amide bonds. The third kappa shape index (κ3) is 4.42. The first-order valence-corrected chi connectivity index (χ1v) is 6.60. The Morgan fingerprint density at radius 2 is 2.00 bits per heavy atom. The normalized spacial score (nSPS) is 9.17. The summed E-state index contributed by atoms with van der Waals surface area (Å²) in [5.41, 5.74) is 7.50. The van der Waals surface area contributed by atoms with Crippen LogP contribution in [0.5, 0.6) is 5.75 Å². The van der Waals surface area contributed by atoms with E-state index in [9.17, 15) is 4.79 Å².